The number of carbonyl (C=O) groups is 1. The van der Waals surface area contributed by atoms with Crippen molar-refractivity contribution in [2.75, 3.05) is 11.4 Å². The van der Waals surface area contributed by atoms with Gasteiger partial charge in [0.25, 0.3) is 0 Å². The standard InChI is InChI=1S/C17H17N5OS/c1-2-13(24-16-14-15(19-9-18-14)20-10-21-16)17(23)22-8-7-11-5-3-4-6-12(11)22/h3-6,9-10,13H,2,7-8H2,1H3,(H,18,19,20,21). The van der Waals surface area contributed by atoms with Crippen LogP contribution in [0.1, 0.15) is 18.9 Å². The molecule has 6 nitrogen and oxygen atoms in total. The normalized spacial score (nSPS) is 14.8. The molecule has 7 heteroatoms. The van der Waals surface area contributed by atoms with E-state index < -0.39 is 0 Å². The van der Waals surface area contributed by atoms with Crippen molar-refractivity contribution in [1.82, 2.24) is 19.9 Å². The van der Waals surface area contributed by atoms with Crippen LogP contribution in [-0.4, -0.2) is 37.6 Å². The number of aromatic nitrogens is 4. The van der Waals surface area contributed by atoms with Crippen molar-refractivity contribution in [2.24, 2.45) is 0 Å². The highest BCUT2D eigenvalue weighted by Crippen LogP contribution is 2.33. The van der Waals surface area contributed by atoms with Gasteiger partial charge >= 0.3 is 0 Å². The number of H-pyrrole nitrogens is 1. The zero-order valence-electron chi connectivity index (χ0n) is 13.3. The van der Waals surface area contributed by atoms with E-state index in [0.29, 0.717) is 5.65 Å². The van der Waals surface area contributed by atoms with Gasteiger partial charge in [-0.3, -0.25) is 4.79 Å². The molecule has 0 bridgehead atoms. The summed E-state index contributed by atoms with van der Waals surface area (Å²) in [5.41, 5.74) is 3.69. The van der Waals surface area contributed by atoms with Crippen LogP contribution < -0.4 is 4.90 Å². The number of nitrogens with zero attached hydrogens (tertiary/aromatic N) is 4. The number of nitrogens with one attached hydrogen (secondary N) is 1. The number of hydrogen-bond donors (Lipinski definition) is 1. The Hall–Kier alpha value is -2.41. The van der Waals surface area contributed by atoms with Gasteiger partial charge in [-0.05, 0) is 24.5 Å². The molecule has 1 unspecified atom stereocenters. The van der Waals surface area contributed by atoms with Gasteiger partial charge in [0.1, 0.15) is 16.9 Å². The fourth-order valence-corrected chi connectivity index (χ4v) is 4.06. The minimum Gasteiger partial charge on any atom is -0.341 e. The number of fused-ring (bicyclic) bond motifs is 2. The van der Waals surface area contributed by atoms with E-state index in [2.05, 4.69) is 26.0 Å². The Morgan fingerprint density at radius 1 is 1.33 bits per heavy atom. The molecule has 1 aromatic carbocycles. The van der Waals surface area contributed by atoms with Crippen LogP contribution in [0.15, 0.2) is 41.9 Å². The minimum absolute atomic E-state index is 0.138. The van der Waals surface area contributed by atoms with Crippen molar-refractivity contribution in [3.05, 3.63) is 42.5 Å². The van der Waals surface area contributed by atoms with E-state index in [4.69, 9.17) is 0 Å². The Bertz CT molecular complexity index is 893. The third-order valence-corrected chi connectivity index (χ3v) is 5.59. The molecule has 1 aliphatic rings. The van der Waals surface area contributed by atoms with E-state index in [9.17, 15) is 4.79 Å². The van der Waals surface area contributed by atoms with Crippen LogP contribution in [0, 0.1) is 0 Å². The first kappa shape index (κ1) is 15.1. The SMILES string of the molecule is CCC(Sc1ncnc2nc[nH]c12)C(=O)N1CCc2ccccc21. The van der Waals surface area contributed by atoms with Crippen LogP contribution in [0.4, 0.5) is 5.69 Å². The molecule has 0 radical (unpaired) electrons. The molecule has 24 heavy (non-hydrogen) atoms. The number of rotatable bonds is 4. The minimum atomic E-state index is -0.183. The summed E-state index contributed by atoms with van der Waals surface area (Å²) < 4.78 is 0. The second kappa shape index (κ2) is 6.24. The van der Waals surface area contributed by atoms with Gasteiger partial charge in [-0.2, -0.15) is 0 Å². The highest BCUT2D eigenvalue weighted by Gasteiger charge is 2.30. The lowest BCUT2D eigenvalue weighted by atomic mass is 10.2. The number of imidazole rings is 1. The lowest BCUT2D eigenvalue weighted by Crippen LogP contribution is -2.36. The van der Waals surface area contributed by atoms with Crippen molar-refractivity contribution in [2.45, 2.75) is 30.0 Å². The molecule has 0 aliphatic carbocycles. The smallest absolute Gasteiger partial charge is 0.240 e. The predicted octanol–water partition coefficient (Wildman–Crippen LogP) is 2.81. The Morgan fingerprint density at radius 3 is 3.08 bits per heavy atom. The van der Waals surface area contributed by atoms with E-state index in [-0.39, 0.29) is 11.2 Å². The van der Waals surface area contributed by atoms with Gasteiger partial charge in [-0.15, -0.1) is 0 Å². The molecule has 2 aromatic heterocycles. The van der Waals surface area contributed by atoms with Crippen LogP contribution in [0.5, 0.6) is 0 Å². The number of anilines is 1. The number of para-hydroxylation sites is 1. The first-order valence-electron chi connectivity index (χ1n) is 7.98. The molecule has 0 saturated carbocycles. The van der Waals surface area contributed by atoms with Gasteiger partial charge in [-0.25, -0.2) is 15.0 Å². The van der Waals surface area contributed by atoms with Crippen molar-refractivity contribution in [1.29, 1.82) is 0 Å². The topological polar surface area (TPSA) is 74.8 Å². The average molecular weight is 339 g/mol. The summed E-state index contributed by atoms with van der Waals surface area (Å²) in [5, 5.41) is 0.586. The van der Waals surface area contributed by atoms with Gasteiger partial charge in [-0.1, -0.05) is 36.9 Å². The zero-order chi connectivity index (χ0) is 16.5. The molecule has 0 saturated heterocycles. The molecule has 122 valence electrons. The van der Waals surface area contributed by atoms with E-state index in [0.717, 1.165) is 35.6 Å². The Morgan fingerprint density at radius 2 is 2.21 bits per heavy atom. The molecular weight excluding hydrogens is 322 g/mol. The van der Waals surface area contributed by atoms with Crippen molar-refractivity contribution >= 4 is 34.5 Å². The predicted molar refractivity (Wildman–Crippen MR) is 94.1 cm³/mol. The van der Waals surface area contributed by atoms with E-state index in [1.807, 2.05) is 30.0 Å². The van der Waals surface area contributed by atoms with Gasteiger partial charge in [0.15, 0.2) is 5.65 Å². The Labute approximate surface area is 143 Å². The molecule has 3 heterocycles. The number of thioether (sulfide) groups is 1. The summed E-state index contributed by atoms with van der Waals surface area (Å²) in [4.78, 5) is 30.6. The first-order valence-corrected chi connectivity index (χ1v) is 8.86. The molecule has 0 fully saturated rings. The van der Waals surface area contributed by atoms with Gasteiger partial charge < -0.3 is 9.88 Å². The monoisotopic (exact) mass is 339 g/mol. The Kier molecular flexibility index (Phi) is 3.93. The summed E-state index contributed by atoms with van der Waals surface area (Å²) in [6, 6.07) is 8.12. The van der Waals surface area contributed by atoms with Crippen LogP contribution in [0.25, 0.3) is 11.2 Å². The molecular formula is C17H17N5OS. The summed E-state index contributed by atoms with van der Waals surface area (Å²) in [7, 11) is 0. The fraction of sp³-hybridized carbons (Fsp3) is 0.294. The van der Waals surface area contributed by atoms with Crippen molar-refractivity contribution < 1.29 is 4.79 Å². The number of benzene rings is 1. The summed E-state index contributed by atoms with van der Waals surface area (Å²) >= 11 is 1.48. The quantitative estimate of drug-likeness (QED) is 0.584. The summed E-state index contributed by atoms with van der Waals surface area (Å²) in [6.07, 6.45) is 4.75. The molecule has 1 amide bonds. The largest absolute Gasteiger partial charge is 0.341 e. The zero-order valence-corrected chi connectivity index (χ0v) is 14.1. The van der Waals surface area contributed by atoms with E-state index in [1.54, 1.807) is 6.33 Å². The Balaban J connectivity index is 1.60. The molecule has 3 aromatic rings. The number of amides is 1. The third kappa shape index (κ3) is 2.54. The number of aromatic amines is 1. The molecule has 1 aliphatic heterocycles. The average Bonchev–Trinajstić information content (AvgIpc) is 3.26. The maximum absolute atomic E-state index is 13.1. The number of hydrogen-bond acceptors (Lipinski definition) is 5. The van der Waals surface area contributed by atoms with E-state index in [1.165, 1.54) is 23.7 Å². The summed E-state index contributed by atoms with van der Waals surface area (Å²) in [5.74, 6) is 0.138. The highest BCUT2D eigenvalue weighted by atomic mass is 32.2. The van der Waals surface area contributed by atoms with E-state index >= 15 is 0 Å². The molecule has 0 spiro atoms. The van der Waals surface area contributed by atoms with Gasteiger partial charge in [0.2, 0.25) is 5.91 Å². The summed E-state index contributed by atoms with van der Waals surface area (Å²) in [6.45, 7) is 2.78. The lowest BCUT2D eigenvalue weighted by Gasteiger charge is -2.22. The molecule has 1 N–H and O–H groups in total. The molecule has 1 atom stereocenters. The van der Waals surface area contributed by atoms with Crippen molar-refractivity contribution in [3.8, 4) is 0 Å². The van der Waals surface area contributed by atoms with Crippen molar-refractivity contribution in [3.63, 3.8) is 0 Å². The van der Waals surface area contributed by atoms with Gasteiger partial charge in [0, 0.05) is 12.2 Å². The lowest BCUT2D eigenvalue weighted by molar-refractivity contribution is -0.118. The van der Waals surface area contributed by atoms with Crippen LogP contribution in [0.3, 0.4) is 0 Å². The second-order valence-corrected chi connectivity index (χ2v) is 6.85. The van der Waals surface area contributed by atoms with Gasteiger partial charge in [0.05, 0.1) is 11.6 Å². The third-order valence-electron chi connectivity index (χ3n) is 4.24. The fourth-order valence-electron chi connectivity index (χ4n) is 3.02. The highest BCUT2D eigenvalue weighted by molar-refractivity contribution is 8.00. The second-order valence-electron chi connectivity index (χ2n) is 5.66. The van der Waals surface area contributed by atoms with Crippen LogP contribution >= 0.6 is 11.8 Å². The maximum Gasteiger partial charge on any atom is 0.240 e. The van der Waals surface area contributed by atoms with Crippen LogP contribution in [0.2, 0.25) is 0 Å². The van der Waals surface area contributed by atoms with Crippen LogP contribution in [-0.2, 0) is 11.2 Å². The maximum atomic E-state index is 13.1. The number of carbonyl (C=O) groups excluding carboxylic acids is 1. The first-order chi connectivity index (χ1) is 11.8. The molecule has 4 rings (SSSR count).